The van der Waals surface area contributed by atoms with Gasteiger partial charge in [0.1, 0.15) is 7.05 Å². The van der Waals surface area contributed by atoms with Crippen LogP contribution in [0.4, 0.5) is 0 Å². The second-order valence-corrected chi connectivity index (χ2v) is 9.40. The molecule has 0 saturated heterocycles. The van der Waals surface area contributed by atoms with E-state index < -0.39 is 0 Å². The maximum absolute atomic E-state index is 2.56. The third kappa shape index (κ3) is 2.06. The molecule has 0 amide bonds. The second-order valence-electron chi connectivity index (χ2n) is 9.40. The van der Waals surface area contributed by atoms with E-state index in [1.165, 1.54) is 71.3 Å². The lowest BCUT2D eigenvalue weighted by molar-refractivity contribution is -0.643. The molecule has 0 aliphatic heterocycles. The molecule has 0 aliphatic rings. The Kier molecular flexibility index (Phi) is 3.38. The molecule has 6 aromatic rings. The zero-order valence-corrected chi connectivity index (χ0v) is 18.6. The number of pyridine rings is 2. The summed E-state index contributed by atoms with van der Waals surface area (Å²) in [5.74, 6) is 0.489. The Morgan fingerprint density at radius 3 is 2.37 bits per heavy atom. The van der Waals surface area contributed by atoms with Crippen LogP contribution in [0.3, 0.4) is 0 Å². The van der Waals surface area contributed by atoms with Gasteiger partial charge in [0.05, 0.1) is 27.3 Å². The molecular weight excluding hydrogens is 364 g/mol. The fourth-order valence-electron chi connectivity index (χ4n) is 5.57. The molecule has 3 aromatic heterocycles. The molecule has 30 heavy (non-hydrogen) atoms. The summed E-state index contributed by atoms with van der Waals surface area (Å²) in [5, 5.41) is 6.79. The number of aryl methyl sites for hydroxylation is 4. The topological polar surface area (TPSA) is 8.29 Å². The quantitative estimate of drug-likeness (QED) is 0.164. The molecule has 3 aromatic carbocycles. The van der Waals surface area contributed by atoms with Crippen molar-refractivity contribution in [2.24, 2.45) is 7.05 Å². The van der Waals surface area contributed by atoms with E-state index in [-0.39, 0.29) is 0 Å². The summed E-state index contributed by atoms with van der Waals surface area (Å²) in [5.41, 5.74) is 10.8. The maximum Gasteiger partial charge on any atom is 0.224 e. The molecule has 0 spiro atoms. The van der Waals surface area contributed by atoms with Crippen molar-refractivity contribution in [3.63, 3.8) is 0 Å². The standard InChI is InChI=1S/C28H27N2/c1-15(2)20-13-19-9-10-29(6)28-24-17(4)7-8-21-22-12-16(3)11-18(5)26(22)30(27(21)24)23(14-20)25(19)28/h7-15H,1-6H3/q+1. The van der Waals surface area contributed by atoms with E-state index in [0.717, 1.165) is 0 Å². The highest BCUT2D eigenvalue weighted by Gasteiger charge is 2.25. The highest BCUT2D eigenvalue weighted by Crippen LogP contribution is 2.42. The molecule has 2 nitrogen and oxygen atoms in total. The van der Waals surface area contributed by atoms with Gasteiger partial charge in [-0.15, -0.1) is 0 Å². The van der Waals surface area contributed by atoms with Gasteiger partial charge in [-0.1, -0.05) is 43.7 Å². The molecule has 6 rings (SSSR count). The summed E-state index contributed by atoms with van der Waals surface area (Å²) in [7, 11) is 2.18. The van der Waals surface area contributed by atoms with Crippen LogP contribution in [-0.2, 0) is 7.05 Å². The van der Waals surface area contributed by atoms with Crippen LogP contribution in [0.15, 0.2) is 48.7 Å². The lowest BCUT2D eigenvalue weighted by Crippen LogP contribution is -2.29. The van der Waals surface area contributed by atoms with Crippen LogP contribution >= 0.6 is 0 Å². The number of fused-ring (bicyclic) bond motifs is 5. The van der Waals surface area contributed by atoms with Crippen molar-refractivity contribution < 1.29 is 4.57 Å². The van der Waals surface area contributed by atoms with Crippen LogP contribution in [0.5, 0.6) is 0 Å². The van der Waals surface area contributed by atoms with Crippen LogP contribution < -0.4 is 4.57 Å². The number of rotatable bonds is 1. The molecule has 0 unspecified atom stereocenters. The first-order valence-electron chi connectivity index (χ1n) is 10.9. The summed E-state index contributed by atoms with van der Waals surface area (Å²) in [4.78, 5) is 0. The van der Waals surface area contributed by atoms with E-state index in [9.17, 15) is 0 Å². The summed E-state index contributed by atoms with van der Waals surface area (Å²) >= 11 is 0. The van der Waals surface area contributed by atoms with Gasteiger partial charge in [-0.3, -0.25) is 0 Å². The Hall–Kier alpha value is -3.13. The van der Waals surface area contributed by atoms with E-state index in [0.29, 0.717) is 5.92 Å². The highest BCUT2D eigenvalue weighted by molar-refractivity contribution is 6.26. The Bertz CT molecular complexity index is 1650. The molecule has 0 aliphatic carbocycles. The number of benzene rings is 3. The number of aromatic nitrogens is 2. The summed E-state index contributed by atoms with van der Waals surface area (Å²) in [6.07, 6.45) is 2.22. The van der Waals surface area contributed by atoms with E-state index in [1.807, 2.05) is 0 Å². The van der Waals surface area contributed by atoms with Crippen molar-refractivity contribution in [3.05, 3.63) is 70.9 Å². The smallest absolute Gasteiger partial charge is 0.224 e. The first-order chi connectivity index (χ1) is 14.4. The van der Waals surface area contributed by atoms with Crippen molar-refractivity contribution in [3.8, 4) is 0 Å². The van der Waals surface area contributed by atoms with Crippen LogP contribution in [0.25, 0.3) is 49.0 Å². The van der Waals surface area contributed by atoms with Gasteiger partial charge in [0.2, 0.25) is 5.52 Å². The Labute approximate surface area is 176 Å². The van der Waals surface area contributed by atoms with E-state index >= 15 is 0 Å². The summed E-state index contributed by atoms with van der Waals surface area (Å²) in [6, 6.07) is 16.4. The normalized spacial score (nSPS) is 12.6. The van der Waals surface area contributed by atoms with Gasteiger partial charge in [-0.05, 0) is 60.9 Å². The monoisotopic (exact) mass is 391 g/mol. The average molecular weight is 392 g/mol. The third-order valence-corrected chi connectivity index (χ3v) is 6.95. The lowest BCUT2D eigenvalue weighted by atomic mass is 9.95. The molecule has 0 bridgehead atoms. The van der Waals surface area contributed by atoms with E-state index in [2.05, 4.69) is 99.3 Å². The van der Waals surface area contributed by atoms with Crippen LogP contribution in [0.2, 0.25) is 0 Å². The van der Waals surface area contributed by atoms with E-state index in [1.54, 1.807) is 0 Å². The van der Waals surface area contributed by atoms with Gasteiger partial charge in [0, 0.05) is 16.8 Å². The van der Waals surface area contributed by atoms with Crippen LogP contribution in [0, 0.1) is 20.8 Å². The number of hydrogen-bond acceptors (Lipinski definition) is 0. The Morgan fingerprint density at radius 1 is 0.800 bits per heavy atom. The van der Waals surface area contributed by atoms with Gasteiger partial charge in [-0.2, -0.15) is 0 Å². The van der Waals surface area contributed by atoms with Crippen molar-refractivity contribution in [1.82, 2.24) is 4.40 Å². The van der Waals surface area contributed by atoms with E-state index in [4.69, 9.17) is 0 Å². The minimum Gasteiger partial charge on any atom is -0.307 e. The largest absolute Gasteiger partial charge is 0.307 e. The fraction of sp³-hybridized carbons (Fsp3) is 0.250. The Morgan fingerprint density at radius 2 is 1.60 bits per heavy atom. The van der Waals surface area contributed by atoms with Gasteiger partial charge in [0.25, 0.3) is 0 Å². The molecule has 3 heterocycles. The maximum atomic E-state index is 2.56. The molecule has 2 heteroatoms. The van der Waals surface area contributed by atoms with Crippen molar-refractivity contribution in [1.29, 1.82) is 0 Å². The zero-order chi connectivity index (χ0) is 20.9. The van der Waals surface area contributed by atoms with Crippen LogP contribution in [0.1, 0.15) is 42.0 Å². The lowest BCUT2D eigenvalue weighted by Gasteiger charge is -2.15. The van der Waals surface area contributed by atoms with Gasteiger partial charge in [-0.25, -0.2) is 4.57 Å². The van der Waals surface area contributed by atoms with Gasteiger partial charge in [0.15, 0.2) is 6.20 Å². The van der Waals surface area contributed by atoms with Crippen LogP contribution in [-0.4, -0.2) is 4.40 Å². The molecule has 148 valence electrons. The molecule has 0 atom stereocenters. The van der Waals surface area contributed by atoms with Crippen molar-refractivity contribution in [2.75, 3.05) is 0 Å². The molecule has 0 saturated carbocycles. The first-order valence-corrected chi connectivity index (χ1v) is 10.9. The van der Waals surface area contributed by atoms with Crippen molar-refractivity contribution in [2.45, 2.75) is 40.5 Å². The SMILES string of the molecule is Cc1cc(C)c2c(c1)c1ccc(C)c3c1n2c1cc(C(C)C)cc2cc[n+](C)c3c21. The number of hydrogen-bond donors (Lipinski definition) is 0. The molecule has 0 radical (unpaired) electrons. The third-order valence-electron chi connectivity index (χ3n) is 6.95. The number of nitrogens with zero attached hydrogens (tertiary/aromatic N) is 2. The average Bonchev–Trinajstić information content (AvgIpc) is 3.03. The van der Waals surface area contributed by atoms with Gasteiger partial charge < -0.3 is 4.40 Å². The summed E-state index contributed by atoms with van der Waals surface area (Å²) < 4.78 is 4.87. The van der Waals surface area contributed by atoms with Gasteiger partial charge >= 0.3 is 0 Å². The highest BCUT2D eigenvalue weighted by atomic mass is 15.0. The minimum atomic E-state index is 0.489. The zero-order valence-electron chi connectivity index (χ0n) is 18.6. The first kappa shape index (κ1) is 17.7. The fourth-order valence-corrected chi connectivity index (χ4v) is 5.57. The predicted molar refractivity (Wildman–Crippen MR) is 128 cm³/mol. The minimum absolute atomic E-state index is 0.489. The Balaban J connectivity index is 2.10. The molecular formula is C28H27N2+. The van der Waals surface area contributed by atoms with Crippen molar-refractivity contribution >= 4 is 49.0 Å². The second kappa shape index (κ2) is 5.72. The predicted octanol–water partition coefficient (Wildman–Crippen LogP) is 6.86. The summed E-state index contributed by atoms with van der Waals surface area (Å²) in [6.45, 7) is 11.3. The molecule has 0 fully saturated rings. The molecule has 0 N–H and O–H groups in total.